The number of halogens is 1. The van der Waals surface area contributed by atoms with Crippen molar-refractivity contribution in [3.8, 4) is 6.07 Å². The molecular weight excluding hydrogens is 230 g/mol. The van der Waals surface area contributed by atoms with Gasteiger partial charge in [0.1, 0.15) is 11.8 Å². The SMILES string of the molecule is C=C(Br)CNc1ccnc(C#N)c1. The fourth-order valence-electron chi connectivity index (χ4n) is 0.800. The van der Waals surface area contributed by atoms with Crippen LogP contribution in [0.3, 0.4) is 0 Å². The van der Waals surface area contributed by atoms with Gasteiger partial charge in [0, 0.05) is 22.9 Å². The molecule has 0 aromatic carbocycles. The van der Waals surface area contributed by atoms with Crippen molar-refractivity contribution in [2.45, 2.75) is 0 Å². The molecule has 0 aliphatic rings. The van der Waals surface area contributed by atoms with E-state index in [9.17, 15) is 0 Å². The Morgan fingerprint density at radius 2 is 2.54 bits per heavy atom. The van der Waals surface area contributed by atoms with Crippen LogP contribution in [0, 0.1) is 11.3 Å². The molecule has 0 fully saturated rings. The Bertz CT molecular complexity index is 354. The highest BCUT2D eigenvalue weighted by Crippen LogP contribution is 2.09. The highest BCUT2D eigenvalue weighted by molar-refractivity contribution is 9.11. The van der Waals surface area contributed by atoms with Crippen molar-refractivity contribution in [3.63, 3.8) is 0 Å². The van der Waals surface area contributed by atoms with E-state index in [1.54, 1.807) is 18.3 Å². The lowest BCUT2D eigenvalue weighted by Gasteiger charge is -2.03. The van der Waals surface area contributed by atoms with Gasteiger partial charge in [-0.25, -0.2) is 4.98 Å². The number of pyridine rings is 1. The minimum atomic E-state index is 0.408. The largest absolute Gasteiger partial charge is 0.380 e. The van der Waals surface area contributed by atoms with Crippen LogP contribution in [-0.2, 0) is 0 Å². The normalized spacial score (nSPS) is 8.92. The summed E-state index contributed by atoms with van der Waals surface area (Å²) >= 11 is 3.23. The molecule has 0 radical (unpaired) electrons. The lowest BCUT2D eigenvalue weighted by molar-refractivity contribution is 1.24. The summed E-state index contributed by atoms with van der Waals surface area (Å²) in [7, 11) is 0. The second-order valence-electron chi connectivity index (χ2n) is 2.41. The van der Waals surface area contributed by atoms with E-state index < -0.39 is 0 Å². The molecule has 0 spiro atoms. The fraction of sp³-hybridized carbons (Fsp3) is 0.111. The van der Waals surface area contributed by atoms with Gasteiger partial charge in [-0.15, -0.1) is 0 Å². The van der Waals surface area contributed by atoms with Crippen LogP contribution < -0.4 is 5.32 Å². The summed E-state index contributed by atoms with van der Waals surface area (Å²) in [6.07, 6.45) is 1.60. The van der Waals surface area contributed by atoms with Crippen LogP contribution in [0.1, 0.15) is 5.69 Å². The van der Waals surface area contributed by atoms with Gasteiger partial charge in [0.15, 0.2) is 0 Å². The lowest BCUT2D eigenvalue weighted by atomic mass is 10.3. The molecule has 1 heterocycles. The molecule has 0 saturated heterocycles. The molecular formula is C9H8BrN3. The predicted octanol–water partition coefficient (Wildman–Crippen LogP) is 2.27. The summed E-state index contributed by atoms with van der Waals surface area (Å²) < 4.78 is 0.864. The number of aromatic nitrogens is 1. The third-order valence-corrected chi connectivity index (χ3v) is 1.64. The number of rotatable bonds is 3. The molecule has 0 saturated carbocycles. The second-order valence-corrected chi connectivity index (χ2v) is 3.53. The van der Waals surface area contributed by atoms with Gasteiger partial charge < -0.3 is 5.32 Å². The first kappa shape index (κ1) is 9.75. The topological polar surface area (TPSA) is 48.7 Å². The maximum Gasteiger partial charge on any atom is 0.142 e. The van der Waals surface area contributed by atoms with Crippen LogP contribution in [-0.4, -0.2) is 11.5 Å². The van der Waals surface area contributed by atoms with Crippen molar-refractivity contribution >= 4 is 21.6 Å². The minimum Gasteiger partial charge on any atom is -0.380 e. The first-order valence-corrected chi connectivity index (χ1v) is 4.45. The number of nitrogens with zero attached hydrogens (tertiary/aromatic N) is 2. The van der Waals surface area contributed by atoms with E-state index >= 15 is 0 Å². The third kappa shape index (κ3) is 3.26. The average molecular weight is 238 g/mol. The van der Waals surface area contributed by atoms with Crippen molar-refractivity contribution in [2.75, 3.05) is 11.9 Å². The molecule has 1 rings (SSSR count). The van der Waals surface area contributed by atoms with Crippen molar-refractivity contribution in [1.29, 1.82) is 5.26 Å². The van der Waals surface area contributed by atoms with Crippen LogP contribution in [0.4, 0.5) is 5.69 Å². The van der Waals surface area contributed by atoms with Gasteiger partial charge >= 0.3 is 0 Å². The second kappa shape index (κ2) is 4.63. The standard InChI is InChI=1S/C9H8BrN3/c1-7(10)6-13-8-2-3-12-9(4-8)5-11/h2-4H,1,6H2,(H,12,13). The molecule has 0 bridgehead atoms. The Morgan fingerprint density at radius 3 is 3.15 bits per heavy atom. The number of hydrogen-bond acceptors (Lipinski definition) is 3. The summed E-state index contributed by atoms with van der Waals surface area (Å²) in [5, 5.41) is 11.7. The average Bonchev–Trinajstić information content (AvgIpc) is 2.15. The highest BCUT2D eigenvalue weighted by Gasteiger charge is 1.94. The van der Waals surface area contributed by atoms with E-state index in [1.165, 1.54) is 0 Å². The van der Waals surface area contributed by atoms with E-state index in [-0.39, 0.29) is 0 Å². The number of anilines is 1. The highest BCUT2D eigenvalue weighted by atomic mass is 79.9. The molecule has 0 amide bonds. The monoisotopic (exact) mass is 237 g/mol. The molecule has 0 atom stereocenters. The quantitative estimate of drug-likeness (QED) is 0.878. The van der Waals surface area contributed by atoms with Crippen LogP contribution in [0.25, 0.3) is 0 Å². The van der Waals surface area contributed by atoms with Gasteiger partial charge in [0.2, 0.25) is 0 Å². The molecule has 3 nitrogen and oxygen atoms in total. The summed E-state index contributed by atoms with van der Waals surface area (Å²) in [5.74, 6) is 0. The summed E-state index contributed by atoms with van der Waals surface area (Å²) in [4.78, 5) is 3.85. The van der Waals surface area contributed by atoms with E-state index in [2.05, 4.69) is 32.8 Å². The molecule has 13 heavy (non-hydrogen) atoms. The van der Waals surface area contributed by atoms with E-state index in [0.29, 0.717) is 12.2 Å². The number of hydrogen-bond donors (Lipinski definition) is 1. The van der Waals surface area contributed by atoms with Crippen molar-refractivity contribution in [3.05, 3.63) is 35.1 Å². The molecule has 4 heteroatoms. The Hall–Kier alpha value is -1.34. The smallest absolute Gasteiger partial charge is 0.142 e. The number of nitrogens with one attached hydrogen (secondary N) is 1. The maximum absolute atomic E-state index is 8.57. The molecule has 0 aliphatic carbocycles. The molecule has 66 valence electrons. The van der Waals surface area contributed by atoms with Crippen LogP contribution >= 0.6 is 15.9 Å². The van der Waals surface area contributed by atoms with Gasteiger partial charge in [-0.1, -0.05) is 22.5 Å². The van der Waals surface area contributed by atoms with Gasteiger partial charge in [-0.3, -0.25) is 0 Å². The maximum atomic E-state index is 8.57. The van der Waals surface area contributed by atoms with Gasteiger partial charge in [0.25, 0.3) is 0 Å². The Balaban J connectivity index is 2.68. The zero-order valence-corrected chi connectivity index (χ0v) is 8.50. The van der Waals surface area contributed by atoms with Crippen molar-refractivity contribution in [1.82, 2.24) is 4.98 Å². The van der Waals surface area contributed by atoms with Crippen molar-refractivity contribution < 1.29 is 0 Å². The predicted molar refractivity (Wildman–Crippen MR) is 55.5 cm³/mol. The molecule has 0 aliphatic heterocycles. The van der Waals surface area contributed by atoms with Crippen LogP contribution in [0.15, 0.2) is 29.4 Å². The third-order valence-electron chi connectivity index (χ3n) is 1.36. The van der Waals surface area contributed by atoms with Crippen LogP contribution in [0.2, 0.25) is 0 Å². The first-order chi connectivity index (χ1) is 6.22. The van der Waals surface area contributed by atoms with Crippen LogP contribution in [0.5, 0.6) is 0 Å². The Morgan fingerprint density at radius 1 is 1.77 bits per heavy atom. The number of nitriles is 1. The minimum absolute atomic E-state index is 0.408. The molecule has 1 N–H and O–H groups in total. The summed E-state index contributed by atoms with van der Waals surface area (Å²) in [6.45, 7) is 4.32. The summed E-state index contributed by atoms with van der Waals surface area (Å²) in [5.41, 5.74) is 1.28. The van der Waals surface area contributed by atoms with Gasteiger partial charge in [-0.05, 0) is 12.1 Å². The first-order valence-electron chi connectivity index (χ1n) is 3.65. The Kier molecular flexibility index (Phi) is 3.47. The zero-order valence-electron chi connectivity index (χ0n) is 6.92. The lowest BCUT2D eigenvalue weighted by Crippen LogP contribution is -2.00. The van der Waals surface area contributed by atoms with Gasteiger partial charge in [-0.2, -0.15) is 5.26 Å². The zero-order chi connectivity index (χ0) is 9.68. The van der Waals surface area contributed by atoms with Gasteiger partial charge in [0.05, 0.1) is 0 Å². The Labute approximate surface area is 85.2 Å². The van der Waals surface area contributed by atoms with E-state index in [4.69, 9.17) is 5.26 Å². The summed E-state index contributed by atoms with van der Waals surface area (Å²) in [6, 6.07) is 5.46. The molecule has 1 aromatic heterocycles. The molecule has 0 unspecified atom stereocenters. The van der Waals surface area contributed by atoms with E-state index in [1.807, 2.05) is 6.07 Å². The van der Waals surface area contributed by atoms with Crippen molar-refractivity contribution in [2.24, 2.45) is 0 Å². The fourth-order valence-corrected chi connectivity index (χ4v) is 0.940. The van der Waals surface area contributed by atoms with E-state index in [0.717, 1.165) is 10.2 Å². The molecule has 1 aromatic rings.